The van der Waals surface area contributed by atoms with E-state index in [4.69, 9.17) is 15.5 Å². The third kappa shape index (κ3) is 4.27. The van der Waals surface area contributed by atoms with Crippen LogP contribution < -0.4 is 11.1 Å². The van der Waals surface area contributed by atoms with Crippen LogP contribution in [0, 0.1) is 0 Å². The van der Waals surface area contributed by atoms with Crippen LogP contribution in [0.1, 0.15) is 44.1 Å². The van der Waals surface area contributed by atoms with Crippen molar-refractivity contribution in [1.29, 1.82) is 0 Å². The van der Waals surface area contributed by atoms with Crippen molar-refractivity contribution in [2.24, 2.45) is 10.7 Å². The molecule has 23 heavy (non-hydrogen) atoms. The number of guanidine groups is 1. The zero-order chi connectivity index (χ0) is 16.1. The summed E-state index contributed by atoms with van der Waals surface area (Å²) in [5.41, 5.74) is 7.51. The fraction of sp³-hybridized carbons (Fsp3) is 0.611. The molecule has 0 radical (unpaired) electrons. The van der Waals surface area contributed by atoms with Crippen LogP contribution >= 0.6 is 15.9 Å². The minimum atomic E-state index is 0.0426. The van der Waals surface area contributed by atoms with E-state index < -0.39 is 0 Å². The predicted octanol–water partition coefficient (Wildman–Crippen LogP) is 3.34. The minimum Gasteiger partial charge on any atom is -0.381 e. The quantitative estimate of drug-likeness (QED) is 0.622. The van der Waals surface area contributed by atoms with Crippen LogP contribution in [0.25, 0.3) is 0 Å². The predicted molar refractivity (Wildman–Crippen MR) is 97.8 cm³/mol. The summed E-state index contributed by atoms with van der Waals surface area (Å²) in [7, 11) is 0. The SMILES string of the molecule is NC(=NCC1(c2ccc(Br)cc2)CCOCC1)NC1CCCC1. The van der Waals surface area contributed by atoms with Crippen molar-refractivity contribution in [3.63, 3.8) is 0 Å². The van der Waals surface area contributed by atoms with E-state index in [1.54, 1.807) is 0 Å². The van der Waals surface area contributed by atoms with Crippen LogP contribution in [0.15, 0.2) is 33.7 Å². The molecule has 1 heterocycles. The third-order valence-electron chi connectivity index (χ3n) is 5.17. The molecule has 1 aromatic carbocycles. The maximum atomic E-state index is 6.13. The second kappa shape index (κ2) is 7.67. The molecule has 1 saturated carbocycles. The molecule has 0 amide bonds. The smallest absolute Gasteiger partial charge is 0.188 e. The summed E-state index contributed by atoms with van der Waals surface area (Å²) in [6, 6.07) is 9.13. The van der Waals surface area contributed by atoms with E-state index >= 15 is 0 Å². The number of benzene rings is 1. The summed E-state index contributed by atoms with van der Waals surface area (Å²) in [6.07, 6.45) is 7.00. The second-order valence-electron chi connectivity index (χ2n) is 6.73. The zero-order valence-electron chi connectivity index (χ0n) is 13.6. The monoisotopic (exact) mass is 379 g/mol. The Morgan fingerprint density at radius 1 is 1.22 bits per heavy atom. The summed E-state index contributed by atoms with van der Waals surface area (Å²) >= 11 is 3.52. The highest BCUT2D eigenvalue weighted by molar-refractivity contribution is 9.10. The molecule has 1 saturated heterocycles. The maximum absolute atomic E-state index is 6.13. The highest BCUT2D eigenvalue weighted by Gasteiger charge is 2.34. The van der Waals surface area contributed by atoms with Gasteiger partial charge in [-0.2, -0.15) is 0 Å². The lowest BCUT2D eigenvalue weighted by atomic mass is 9.74. The van der Waals surface area contributed by atoms with Crippen LogP contribution in [0.4, 0.5) is 0 Å². The highest BCUT2D eigenvalue weighted by Crippen LogP contribution is 2.35. The van der Waals surface area contributed by atoms with Gasteiger partial charge < -0.3 is 15.8 Å². The molecule has 3 N–H and O–H groups in total. The highest BCUT2D eigenvalue weighted by atomic mass is 79.9. The average Bonchev–Trinajstić information content (AvgIpc) is 3.07. The molecule has 126 valence electrons. The first-order chi connectivity index (χ1) is 11.2. The Morgan fingerprint density at radius 2 is 1.87 bits per heavy atom. The molecule has 1 aliphatic carbocycles. The standard InChI is InChI=1S/C18H26BrN3O/c19-15-7-5-14(6-8-15)18(9-11-23-12-10-18)13-21-17(20)22-16-3-1-2-4-16/h5-8,16H,1-4,9-13H2,(H3,20,21,22). The second-order valence-corrected chi connectivity index (χ2v) is 7.64. The topological polar surface area (TPSA) is 59.6 Å². The molecule has 2 aliphatic rings. The lowest BCUT2D eigenvalue weighted by Crippen LogP contribution is -2.41. The summed E-state index contributed by atoms with van der Waals surface area (Å²) in [4.78, 5) is 4.70. The van der Waals surface area contributed by atoms with Crippen LogP contribution in [0.2, 0.25) is 0 Å². The van der Waals surface area contributed by atoms with Gasteiger partial charge in [-0.3, -0.25) is 4.99 Å². The van der Waals surface area contributed by atoms with Crippen LogP contribution in [-0.2, 0) is 10.2 Å². The third-order valence-corrected chi connectivity index (χ3v) is 5.69. The van der Waals surface area contributed by atoms with Crippen molar-refractivity contribution in [1.82, 2.24) is 5.32 Å². The number of aliphatic imine (C=N–C) groups is 1. The number of nitrogens with zero attached hydrogens (tertiary/aromatic N) is 1. The molecule has 0 spiro atoms. The first kappa shape index (κ1) is 16.8. The molecule has 0 unspecified atom stereocenters. The van der Waals surface area contributed by atoms with E-state index in [1.165, 1.54) is 31.2 Å². The van der Waals surface area contributed by atoms with Gasteiger partial charge in [0.15, 0.2) is 5.96 Å². The van der Waals surface area contributed by atoms with Gasteiger partial charge in [0, 0.05) is 29.1 Å². The maximum Gasteiger partial charge on any atom is 0.188 e. The fourth-order valence-corrected chi connectivity index (χ4v) is 3.93. The van der Waals surface area contributed by atoms with Crippen molar-refractivity contribution in [2.75, 3.05) is 19.8 Å². The number of hydrogen-bond donors (Lipinski definition) is 2. The first-order valence-electron chi connectivity index (χ1n) is 8.58. The number of hydrogen-bond acceptors (Lipinski definition) is 2. The summed E-state index contributed by atoms with van der Waals surface area (Å²) in [6.45, 7) is 2.31. The van der Waals surface area contributed by atoms with Crippen molar-refractivity contribution in [2.45, 2.75) is 50.0 Å². The van der Waals surface area contributed by atoms with E-state index in [2.05, 4.69) is 45.5 Å². The Hall–Kier alpha value is -1.07. The summed E-state index contributed by atoms with van der Waals surface area (Å²) < 4.78 is 6.69. The molecular weight excluding hydrogens is 354 g/mol. The number of ether oxygens (including phenoxy) is 1. The Kier molecular flexibility index (Phi) is 5.59. The average molecular weight is 380 g/mol. The molecule has 4 nitrogen and oxygen atoms in total. The Bertz CT molecular complexity index is 532. The number of halogens is 1. The molecule has 1 aliphatic heterocycles. The van der Waals surface area contributed by atoms with Gasteiger partial charge in [-0.25, -0.2) is 0 Å². The van der Waals surface area contributed by atoms with Crippen molar-refractivity contribution < 1.29 is 4.74 Å². The molecule has 1 aromatic rings. The van der Waals surface area contributed by atoms with E-state index in [1.807, 2.05) is 0 Å². The molecule has 0 bridgehead atoms. The summed E-state index contributed by atoms with van der Waals surface area (Å²) in [5.74, 6) is 0.597. The largest absolute Gasteiger partial charge is 0.381 e. The number of nitrogens with two attached hydrogens (primary N) is 1. The molecular formula is C18H26BrN3O. The normalized spacial score (nSPS) is 22.2. The van der Waals surface area contributed by atoms with Gasteiger partial charge in [-0.1, -0.05) is 40.9 Å². The Labute approximate surface area is 147 Å². The molecule has 0 atom stereocenters. The molecule has 2 fully saturated rings. The zero-order valence-corrected chi connectivity index (χ0v) is 15.1. The Morgan fingerprint density at radius 3 is 2.52 bits per heavy atom. The molecule has 5 heteroatoms. The molecule has 0 aromatic heterocycles. The lowest BCUT2D eigenvalue weighted by molar-refractivity contribution is 0.0531. The first-order valence-corrected chi connectivity index (χ1v) is 9.38. The van der Waals surface area contributed by atoms with Crippen LogP contribution in [0.5, 0.6) is 0 Å². The van der Waals surface area contributed by atoms with Crippen molar-refractivity contribution >= 4 is 21.9 Å². The van der Waals surface area contributed by atoms with Gasteiger partial charge >= 0.3 is 0 Å². The van der Waals surface area contributed by atoms with E-state index in [-0.39, 0.29) is 5.41 Å². The van der Waals surface area contributed by atoms with E-state index in [0.29, 0.717) is 12.0 Å². The lowest BCUT2D eigenvalue weighted by Gasteiger charge is -2.36. The van der Waals surface area contributed by atoms with Gasteiger partial charge in [-0.05, 0) is 43.4 Å². The van der Waals surface area contributed by atoms with E-state index in [9.17, 15) is 0 Å². The van der Waals surface area contributed by atoms with Crippen molar-refractivity contribution in [3.8, 4) is 0 Å². The number of nitrogens with one attached hydrogen (secondary N) is 1. The molecule has 3 rings (SSSR count). The van der Waals surface area contributed by atoms with E-state index in [0.717, 1.165) is 37.1 Å². The number of rotatable bonds is 4. The fourth-order valence-electron chi connectivity index (χ4n) is 3.67. The Balaban J connectivity index is 1.72. The van der Waals surface area contributed by atoms with Gasteiger partial charge in [0.1, 0.15) is 0 Å². The van der Waals surface area contributed by atoms with Crippen LogP contribution in [0.3, 0.4) is 0 Å². The van der Waals surface area contributed by atoms with Gasteiger partial charge in [0.25, 0.3) is 0 Å². The van der Waals surface area contributed by atoms with Gasteiger partial charge in [0.05, 0.1) is 6.54 Å². The van der Waals surface area contributed by atoms with Crippen LogP contribution in [-0.4, -0.2) is 31.8 Å². The van der Waals surface area contributed by atoms with Gasteiger partial charge in [0.2, 0.25) is 0 Å². The minimum absolute atomic E-state index is 0.0426. The summed E-state index contributed by atoms with van der Waals surface area (Å²) in [5, 5.41) is 3.39. The van der Waals surface area contributed by atoms with Gasteiger partial charge in [-0.15, -0.1) is 0 Å². The van der Waals surface area contributed by atoms with Crippen molar-refractivity contribution in [3.05, 3.63) is 34.3 Å².